The van der Waals surface area contributed by atoms with Gasteiger partial charge in [-0.3, -0.25) is 4.79 Å². The summed E-state index contributed by atoms with van der Waals surface area (Å²) in [7, 11) is -0.708. The summed E-state index contributed by atoms with van der Waals surface area (Å²) in [5.74, 6) is -5.55. The van der Waals surface area contributed by atoms with Crippen LogP contribution in [-0.4, -0.2) is 50.1 Å². The summed E-state index contributed by atoms with van der Waals surface area (Å²) in [6, 6.07) is 1.66. The molecule has 1 aromatic carbocycles. The van der Waals surface area contributed by atoms with Gasteiger partial charge in [0.2, 0.25) is 5.91 Å². The SMILES string of the molecule is CN(C)S(=O)(=O)N1CCC(C(=O)Nc2ccc(F)c(F)c2F)CC1. The molecule has 0 saturated carbocycles. The molecule has 1 saturated heterocycles. The molecular weight excluding hydrogens is 347 g/mol. The highest BCUT2D eigenvalue weighted by atomic mass is 32.2. The molecule has 24 heavy (non-hydrogen) atoms. The smallest absolute Gasteiger partial charge is 0.281 e. The minimum atomic E-state index is -3.54. The second-order valence-corrected chi connectivity index (χ2v) is 7.82. The van der Waals surface area contributed by atoms with Gasteiger partial charge in [0.05, 0.1) is 5.69 Å². The van der Waals surface area contributed by atoms with Crippen LogP contribution in [0.1, 0.15) is 12.8 Å². The highest BCUT2D eigenvalue weighted by molar-refractivity contribution is 7.86. The number of hydrogen-bond donors (Lipinski definition) is 1. The summed E-state index contributed by atoms with van der Waals surface area (Å²) < 4.78 is 65.9. The van der Waals surface area contributed by atoms with E-state index in [0.29, 0.717) is 0 Å². The van der Waals surface area contributed by atoms with Crippen LogP contribution in [0, 0.1) is 23.4 Å². The van der Waals surface area contributed by atoms with E-state index in [1.54, 1.807) is 0 Å². The quantitative estimate of drug-likeness (QED) is 0.824. The molecule has 0 atom stereocenters. The maximum atomic E-state index is 13.6. The molecule has 0 bridgehead atoms. The van der Waals surface area contributed by atoms with E-state index in [0.717, 1.165) is 16.4 Å². The Labute approximate surface area is 138 Å². The number of halogens is 3. The highest BCUT2D eigenvalue weighted by Gasteiger charge is 2.32. The standard InChI is InChI=1S/C14H18F3N3O3S/c1-19(2)24(22,23)20-7-5-9(6-8-20)14(21)18-11-4-3-10(15)12(16)13(11)17/h3-4,9H,5-8H2,1-2H3,(H,18,21). The Kier molecular flexibility index (Phi) is 5.51. The predicted molar refractivity (Wildman–Crippen MR) is 81.8 cm³/mol. The van der Waals surface area contributed by atoms with Crippen LogP contribution in [0.5, 0.6) is 0 Å². The van der Waals surface area contributed by atoms with Crippen LogP contribution in [0.25, 0.3) is 0 Å². The Morgan fingerprint density at radius 3 is 2.29 bits per heavy atom. The first-order chi connectivity index (χ1) is 11.1. The fourth-order valence-corrected chi connectivity index (χ4v) is 3.57. The van der Waals surface area contributed by atoms with Gasteiger partial charge < -0.3 is 5.32 Å². The first-order valence-electron chi connectivity index (χ1n) is 7.26. The zero-order valence-corrected chi connectivity index (χ0v) is 14.0. The average molecular weight is 365 g/mol. The van der Waals surface area contributed by atoms with Crippen LogP contribution in [0.4, 0.5) is 18.9 Å². The first kappa shape index (κ1) is 18.7. The van der Waals surface area contributed by atoms with Crippen LogP contribution < -0.4 is 5.32 Å². The van der Waals surface area contributed by atoms with Gasteiger partial charge in [-0.05, 0) is 25.0 Å². The number of anilines is 1. The Bertz CT molecular complexity index is 732. The fourth-order valence-electron chi connectivity index (χ4n) is 2.44. The van der Waals surface area contributed by atoms with Gasteiger partial charge in [0.1, 0.15) is 0 Å². The van der Waals surface area contributed by atoms with Gasteiger partial charge in [-0.1, -0.05) is 0 Å². The van der Waals surface area contributed by atoms with Crippen molar-refractivity contribution in [2.75, 3.05) is 32.5 Å². The third-order valence-corrected chi connectivity index (χ3v) is 5.85. The van der Waals surface area contributed by atoms with Crippen molar-refractivity contribution in [3.8, 4) is 0 Å². The van der Waals surface area contributed by atoms with Crippen molar-refractivity contribution >= 4 is 21.8 Å². The number of benzene rings is 1. The van der Waals surface area contributed by atoms with E-state index in [2.05, 4.69) is 5.32 Å². The van der Waals surface area contributed by atoms with Crippen molar-refractivity contribution in [2.24, 2.45) is 5.92 Å². The fraction of sp³-hybridized carbons (Fsp3) is 0.500. The molecule has 0 spiro atoms. The topological polar surface area (TPSA) is 69.7 Å². The summed E-state index contributed by atoms with van der Waals surface area (Å²) in [5, 5.41) is 2.23. The van der Waals surface area contributed by atoms with Gasteiger partial charge in [0.15, 0.2) is 17.5 Å². The first-order valence-corrected chi connectivity index (χ1v) is 8.66. The van der Waals surface area contributed by atoms with E-state index in [4.69, 9.17) is 0 Å². The molecule has 1 fully saturated rings. The molecule has 2 rings (SSSR count). The van der Waals surface area contributed by atoms with E-state index < -0.39 is 45.2 Å². The number of hydrogen-bond acceptors (Lipinski definition) is 3. The van der Waals surface area contributed by atoms with Crippen LogP contribution in [0.15, 0.2) is 12.1 Å². The monoisotopic (exact) mass is 365 g/mol. The summed E-state index contributed by atoms with van der Waals surface area (Å²) in [6.45, 7) is 0.303. The predicted octanol–water partition coefficient (Wildman–Crippen LogP) is 1.56. The molecule has 1 aromatic rings. The Hall–Kier alpha value is -1.65. The molecule has 1 heterocycles. The van der Waals surface area contributed by atoms with Crippen molar-refractivity contribution in [3.05, 3.63) is 29.6 Å². The number of rotatable bonds is 4. The third kappa shape index (κ3) is 3.70. The number of carbonyl (C=O) groups is 1. The van der Waals surface area contributed by atoms with Crippen LogP contribution in [0.2, 0.25) is 0 Å². The van der Waals surface area contributed by atoms with Crippen LogP contribution in [0.3, 0.4) is 0 Å². The zero-order valence-electron chi connectivity index (χ0n) is 13.2. The molecule has 6 nitrogen and oxygen atoms in total. The average Bonchev–Trinajstić information content (AvgIpc) is 2.55. The van der Waals surface area contributed by atoms with Gasteiger partial charge in [0.25, 0.3) is 10.2 Å². The molecular formula is C14H18F3N3O3S. The van der Waals surface area contributed by atoms with Crippen molar-refractivity contribution in [3.63, 3.8) is 0 Å². The van der Waals surface area contributed by atoms with Gasteiger partial charge in [-0.15, -0.1) is 0 Å². The van der Waals surface area contributed by atoms with E-state index in [1.165, 1.54) is 18.4 Å². The number of carbonyl (C=O) groups excluding carboxylic acids is 1. The third-order valence-electron chi connectivity index (χ3n) is 3.91. The largest absolute Gasteiger partial charge is 0.323 e. The molecule has 0 radical (unpaired) electrons. The zero-order chi connectivity index (χ0) is 18.1. The van der Waals surface area contributed by atoms with Gasteiger partial charge in [-0.25, -0.2) is 13.2 Å². The highest BCUT2D eigenvalue weighted by Crippen LogP contribution is 2.24. The lowest BCUT2D eigenvalue weighted by molar-refractivity contribution is -0.120. The van der Waals surface area contributed by atoms with Crippen molar-refractivity contribution in [1.82, 2.24) is 8.61 Å². The molecule has 0 unspecified atom stereocenters. The lowest BCUT2D eigenvalue weighted by Gasteiger charge is -2.32. The lowest BCUT2D eigenvalue weighted by atomic mass is 9.97. The lowest BCUT2D eigenvalue weighted by Crippen LogP contribution is -2.46. The van der Waals surface area contributed by atoms with Gasteiger partial charge in [-0.2, -0.15) is 17.0 Å². The molecule has 1 N–H and O–H groups in total. The number of nitrogens with zero attached hydrogens (tertiary/aromatic N) is 2. The molecule has 1 aliphatic heterocycles. The number of piperidine rings is 1. The maximum Gasteiger partial charge on any atom is 0.281 e. The van der Waals surface area contributed by atoms with Crippen molar-refractivity contribution in [1.29, 1.82) is 0 Å². The molecule has 0 aromatic heterocycles. The summed E-state index contributed by atoms with van der Waals surface area (Å²) in [6.07, 6.45) is 0.508. The Morgan fingerprint density at radius 1 is 1.17 bits per heavy atom. The normalized spacial score (nSPS) is 17.2. The van der Waals surface area contributed by atoms with Gasteiger partial charge >= 0.3 is 0 Å². The molecule has 134 valence electrons. The Balaban J connectivity index is 2.00. The van der Waals surface area contributed by atoms with Crippen molar-refractivity contribution in [2.45, 2.75) is 12.8 Å². The second kappa shape index (κ2) is 7.08. The Morgan fingerprint density at radius 2 is 1.75 bits per heavy atom. The molecule has 1 amide bonds. The number of amides is 1. The van der Waals surface area contributed by atoms with Crippen LogP contribution in [-0.2, 0) is 15.0 Å². The molecule has 10 heteroatoms. The van der Waals surface area contributed by atoms with Gasteiger partial charge in [0, 0.05) is 33.1 Å². The van der Waals surface area contributed by atoms with Crippen LogP contribution >= 0.6 is 0 Å². The second-order valence-electron chi connectivity index (χ2n) is 5.68. The minimum absolute atomic E-state index is 0.152. The van der Waals surface area contributed by atoms with E-state index in [9.17, 15) is 26.4 Å². The summed E-state index contributed by atoms with van der Waals surface area (Å²) in [4.78, 5) is 12.1. The summed E-state index contributed by atoms with van der Waals surface area (Å²) >= 11 is 0. The van der Waals surface area contributed by atoms with E-state index >= 15 is 0 Å². The minimum Gasteiger partial charge on any atom is -0.323 e. The maximum absolute atomic E-state index is 13.6. The van der Waals surface area contributed by atoms with E-state index in [1.807, 2.05) is 0 Å². The van der Waals surface area contributed by atoms with Crippen molar-refractivity contribution < 1.29 is 26.4 Å². The number of nitrogens with one attached hydrogen (secondary N) is 1. The van der Waals surface area contributed by atoms with E-state index in [-0.39, 0.29) is 25.9 Å². The summed E-state index contributed by atoms with van der Waals surface area (Å²) in [5.41, 5.74) is -0.442. The molecule has 1 aliphatic rings. The molecule has 0 aliphatic carbocycles.